The fourth-order valence-electron chi connectivity index (χ4n) is 11.4. The van der Waals surface area contributed by atoms with Gasteiger partial charge >= 0.3 is 0 Å². The monoisotopic (exact) mass is 2100 g/mol. The van der Waals surface area contributed by atoms with Crippen molar-refractivity contribution >= 4 is 125 Å². The minimum absolute atomic E-state index is 0.0129. The highest BCUT2D eigenvalue weighted by molar-refractivity contribution is 7.48. The molecular weight excluding hydrogens is 1980 g/mol. The zero-order valence-electron chi connectivity index (χ0n) is 74.3. The van der Waals surface area contributed by atoms with Crippen LogP contribution in [0.1, 0.15) is 159 Å². The lowest BCUT2D eigenvalue weighted by atomic mass is 9.94. The average Bonchev–Trinajstić information content (AvgIpc) is 1.73. The Balaban J connectivity index is 0.000000830. The first-order chi connectivity index (χ1) is 60.5. The Morgan fingerprint density at radius 3 is 0.519 bits per heavy atom. The van der Waals surface area contributed by atoms with Gasteiger partial charge in [-0.3, -0.25) is 45.7 Å². The van der Waals surface area contributed by atoms with Gasteiger partial charge in [-0.05, 0) is 119 Å². The predicted molar refractivity (Wildman–Crippen MR) is 436 cm³/mol. The maximum absolute atomic E-state index is 12.0. The molecule has 5 saturated heterocycles. The van der Waals surface area contributed by atoms with E-state index in [0.29, 0.717) is 6.42 Å². The van der Waals surface area contributed by atoms with Crippen molar-refractivity contribution in [1.29, 1.82) is 0 Å². The SMILES string of the molecule is [B]C1CC(OP(=O)([O-])OCCCO)C(C(C)C)O1.[B]C1CC(OP(=O)([O-])OCCCOP(=O)([O-])OC)C(C(C)C)O1.[B]C1CC(OP(=O)([O-])OCCCOP(=O)([O-])OCCCO)C(C(C)C)O1.[B]C1CC(OP(=O)([O-])OCCCOP(=O)([O-])OCCCOP(=O)([O-])OCCCO)C(C(C)C)O1.[B]C1CC(OP(=O)([O-])OCCCOP(=O)([O-])OCCCOP(=O)([O-])[O-])C(C(C)C)O1. The number of hydrogen-bond donors (Lipinski definition) is 3. The van der Waals surface area contributed by atoms with Gasteiger partial charge in [0.25, 0.3) is 78.2 Å². The van der Waals surface area contributed by atoms with Gasteiger partial charge in [-0.1, -0.05) is 69.2 Å². The molecule has 52 nitrogen and oxygen atoms in total. The van der Waals surface area contributed by atoms with Gasteiger partial charge in [0.2, 0.25) is 0 Å². The standard InChI is InChI=1S/C16H34BO14P3.C13H28BO13P3.C13H27BO10P2.C11H23BO9P2.C10H20BO6P/c1-13(2)16-14(12-15(17)30-16)31-34(23,24)29-11-5-10-28-33(21,22)27-9-4-8-26-32(19,20)25-7-3-6-18;1-10(2)13-11(9-12(14)26-13)27-30(20,21)25-8-4-7-24-29(18,19)23-6-3-5-22-28(15,16)17;1-10(2)13-11(9-12(14)23-13)24-26(18,19)22-8-4-7-21-25(16,17)20-6-3-5-15;1-8(2)11-9(7-10(12)20-11)21-23(15,16)19-6-4-5-18-22(13,14)17-3;1-7(2)10-8(6-9(11)16-10)17-18(13,14)15-5-3-4-12/h13-16,18H,3-12H2,1-2H3,(H,19,20)(H,21,22)(H,23,24);10-13H,3-9H2,1-2H3,(H,18,19)(H,20,21)(H2,15,16,17);10-13,15H,3-9H2,1-2H3,(H,16,17)(H,18,19);8-11H,4-7H2,1-3H3,(H,13,14)(H,15,16);7-10,12H,3-6H2,1-2H3,(H,13,14)/p-12. The summed E-state index contributed by atoms with van der Waals surface area (Å²) in [7, 11) is -21.5. The summed E-state index contributed by atoms with van der Waals surface area (Å²) in [6.07, 6.45) is -4.69. The Hall–Kier alpha value is 1.21. The van der Waals surface area contributed by atoms with Crippen molar-refractivity contribution in [1.82, 2.24) is 0 Å². The molecule has 5 aliphatic heterocycles. The molecule has 3 N–H and O–H groups in total. The quantitative estimate of drug-likeness (QED) is 0.0391. The van der Waals surface area contributed by atoms with Crippen LogP contribution in [0.3, 0.4) is 0 Å². The predicted octanol–water partition coefficient (Wildman–Crippen LogP) is -0.549. The average molecular weight is 2100 g/mol. The summed E-state index contributed by atoms with van der Waals surface area (Å²) in [5.41, 5.74) is 0. The smallest absolute Gasteiger partial charge is 0.268 e. The highest BCUT2D eigenvalue weighted by atomic mass is 31.2. The molecule has 5 heterocycles. The maximum Gasteiger partial charge on any atom is 0.268 e. The first kappa shape index (κ1) is 130. The Bertz CT molecular complexity index is 3690. The molecule has 0 spiro atoms. The second kappa shape index (κ2) is 64.9. The Morgan fingerprint density at radius 1 is 0.244 bits per heavy atom. The molecule has 25 atom stereocenters. The number of phosphoric acid groups is 11. The summed E-state index contributed by atoms with van der Waals surface area (Å²) in [6, 6.07) is -2.98. The molecule has 0 bridgehead atoms. The molecule has 766 valence electrons. The number of aliphatic hydroxyl groups excluding tert-OH is 3. The molecule has 131 heavy (non-hydrogen) atoms. The Morgan fingerprint density at radius 2 is 0.382 bits per heavy atom. The van der Waals surface area contributed by atoms with Crippen molar-refractivity contribution in [3.63, 3.8) is 0 Å². The summed E-state index contributed by atoms with van der Waals surface area (Å²) in [4.78, 5) is 136. The van der Waals surface area contributed by atoms with Crippen LogP contribution in [0, 0.1) is 29.6 Å². The van der Waals surface area contributed by atoms with E-state index in [2.05, 4.69) is 63.3 Å². The number of aliphatic hydroxyl groups is 3. The zero-order chi connectivity index (χ0) is 100. The van der Waals surface area contributed by atoms with Crippen LogP contribution in [0.15, 0.2) is 0 Å². The molecule has 5 rings (SSSR count). The molecule has 0 aliphatic carbocycles. The van der Waals surface area contributed by atoms with Gasteiger partial charge in [0.1, 0.15) is 39.2 Å². The van der Waals surface area contributed by atoms with Gasteiger partial charge in [0.05, 0.1) is 168 Å². The fraction of sp³-hybridized carbons (Fsp3) is 1.00. The van der Waals surface area contributed by atoms with E-state index in [-0.39, 0.29) is 192 Å². The van der Waals surface area contributed by atoms with Crippen molar-refractivity contribution in [2.45, 2.75) is 250 Å². The normalized spacial score (nSPS) is 28.2. The van der Waals surface area contributed by atoms with Crippen molar-refractivity contribution in [2.75, 3.05) is 126 Å². The second-order valence-electron chi connectivity index (χ2n) is 30.3. The van der Waals surface area contributed by atoms with Crippen LogP contribution >= 0.6 is 86.0 Å². The number of ether oxygens (including phenoxy) is 5. The molecule has 5 fully saturated rings. The van der Waals surface area contributed by atoms with E-state index in [1.165, 1.54) is 0 Å². The van der Waals surface area contributed by atoms with Crippen molar-refractivity contribution < 1.29 is 243 Å². The van der Waals surface area contributed by atoms with Crippen LogP contribution in [0.2, 0.25) is 0 Å². The van der Waals surface area contributed by atoms with Crippen LogP contribution in [-0.4, -0.2) is 272 Å². The molecule has 25 unspecified atom stereocenters. The topological polar surface area (TPSA) is 765 Å². The minimum atomic E-state index is -5.13. The van der Waals surface area contributed by atoms with E-state index >= 15 is 0 Å². The number of hydrogen-bond acceptors (Lipinski definition) is 52. The van der Waals surface area contributed by atoms with Crippen LogP contribution in [0.5, 0.6) is 0 Å². The molecule has 0 aromatic carbocycles. The fourth-order valence-corrected chi connectivity index (χ4v) is 20.1. The summed E-state index contributed by atoms with van der Waals surface area (Å²) in [6.45, 7) is 12.8. The summed E-state index contributed by atoms with van der Waals surface area (Å²) >= 11 is 0. The minimum Gasteiger partial charge on any atom is -0.790 e. The lowest BCUT2D eigenvalue weighted by molar-refractivity contribution is -0.342. The number of phosphoric ester groups is 11. The molecular formula is C63H120B5O52P11-12. The highest BCUT2D eigenvalue weighted by Crippen LogP contribution is 2.51. The van der Waals surface area contributed by atoms with Gasteiger partial charge < -0.3 is 197 Å². The molecule has 0 aromatic rings. The van der Waals surface area contributed by atoms with Gasteiger partial charge in [0.15, 0.2) is 0 Å². The van der Waals surface area contributed by atoms with Crippen LogP contribution in [0.4, 0.5) is 0 Å². The third kappa shape index (κ3) is 62.5. The van der Waals surface area contributed by atoms with E-state index in [9.17, 15) is 109 Å². The van der Waals surface area contributed by atoms with E-state index in [0.717, 1.165) is 7.11 Å². The third-order valence-corrected chi connectivity index (χ3v) is 27.6. The lowest BCUT2D eigenvalue weighted by Gasteiger charge is -2.30. The van der Waals surface area contributed by atoms with E-state index in [1.807, 2.05) is 69.2 Å². The largest absolute Gasteiger partial charge is 0.790 e. The molecule has 68 heteroatoms. The third-order valence-electron chi connectivity index (χ3n) is 17.0. The maximum atomic E-state index is 12.0. The first-order valence-electron chi connectivity index (χ1n) is 41.1. The summed E-state index contributed by atoms with van der Waals surface area (Å²) in [5.74, 6) is 0.0849. The van der Waals surface area contributed by atoms with Crippen LogP contribution in [0.25, 0.3) is 0 Å². The van der Waals surface area contributed by atoms with Crippen molar-refractivity contribution in [3.05, 3.63) is 0 Å². The molecule has 10 radical (unpaired) electrons. The van der Waals surface area contributed by atoms with E-state index in [4.69, 9.17) is 110 Å². The molecule has 0 amide bonds. The summed E-state index contributed by atoms with van der Waals surface area (Å²) in [5, 5.41) is 25.6. The second-order valence-corrected chi connectivity index (χ2v) is 45.4. The highest BCUT2D eigenvalue weighted by Gasteiger charge is 2.43. The van der Waals surface area contributed by atoms with Crippen LogP contribution < -0.4 is 58.7 Å². The van der Waals surface area contributed by atoms with Crippen molar-refractivity contribution in [3.8, 4) is 0 Å². The van der Waals surface area contributed by atoms with Crippen LogP contribution in [-0.2, 0) is 169 Å². The summed E-state index contributed by atoms with van der Waals surface area (Å²) < 4.78 is 250. The van der Waals surface area contributed by atoms with Gasteiger partial charge in [-0.15, -0.1) is 0 Å². The zero-order valence-corrected chi connectivity index (χ0v) is 84.2. The molecule has 0 aromatic heterocycles. The molecule has 5 aliphatic rings. The van der Waals surface area contributed by atoms with Gasteiger partial charge in [-0.2, -0.15) is 0 Å². The van der Waals surface area contributed by atoms with Crippen molar-refractivity contribution in [2.24, 2.45) is 29.6 Å². The molecule has 0 saturated carbocycles. The lowest BCUT2D eigenvalue weighted by Crippen LogP contribution is -2.30. The van der Waals surface area contributed by atoms with Gasteiger partial charge in [0, 0.05) is 56.9 Å². The number of rotatable bonds is 64. The van der Waals surface area contributed by atoms with E-state index < -0.39 is 217 Å². The first-order valence-corrected chi connectivity index (χ1v) is 57.2. The van der Waals surface area contributed by atoms with Gasteiger partial charge in [-0.25, -0.2) is 0 Å². The van der Waals surface area contributed by atoms with E-state index in [1.54, 1.807) is 0 Å². The Kier molecular flexibility index (Phi) is 64.5. The Labute approximate surface area is 770 Å².